The second-order valence-electron chi connectivity index (χ2n) is 6.33. The minimum Gasteiger partial charge on any atom is -0.389 e. The second-order valence-corrected chi connectivity index (χ2v) is 7.31. The van der Waals surface area contributed by atoms with Gasteiger partial charge in [-0.3, -0.25) is 4.68 Å². The van der Waals surface area contributed by atoms with Crippen LogP contribution in [0.1, 0.15) is 38.6 Å². The Morgan fingerprint density at radius 2 is 2.17 bits per heavy atom. The predicted molar refractivity (Wildman–Crippen MR) is 77.0 cm³/mol. The van der Waals surface area contributed by atoms with Crippen molar-refractivity contribution in [2.75, 3.05) is 11.5 Å². The van der Waals surface area contributed by atoms with Gasteiger partial charge >= 0.3 is 0 Å². The summed E-state index contributed by atoms with van der Waals surface area (Å²) in [5.74, 6) is 1.98. The van der Waals surface area contributed by atoms with Crippen LogP contribution in [0.5, 0.6) is 0 Å². The molecule has 2 rings (SSSR count). The summed E-state index contributed by atoms with van der Waals surface area (Å²) in [7, 11) is 0. The summed E-state index contributed by atoms with van der Waals surface area (Å²) in [6, 6.07) is 2.10. The molecule has 1 aliphatic heterocycles. The van der Waals surface area contributed by atoms with Gasteiger partial charge in [-0.15, -0.1) is 0 Å². The highest BCUT2D eigenvalue weighted by Crippen LogP contribution is 2.40. The van der Waals surface area contributed by atoms with Crippen molar-refractivity contribution in [3.05, 3.63) is 17.5 Å². The lowest BCUT2D eigenvalue weighted by molar-refractivity contribution is 0.0183. The molecule has 1 aromatic heterocycles. The molecule has 0 bridgehead atoms. The van der Waals surface area contributed by atoms with Gasteiger partial charge in [0.05, 0.1) is 11.3 Å². The Balaban J connectivity index is 2.16. The largest absolute Gasteiger partial charge is 0.389 e. The minimum absolute atomic E-state index is 0.226. The van der Waals surface area contributed by atoms with Crippen molar-refractivity contribution in [2.45, 2.75) is 52.7 Å². The van der Waals surface area contributed by atoms with Gasteiger partial charge in [0.1, 0.15) is 0 Å². The van der Waals surface area contributed by atoms with E-state index in [-0.39, 0.29) is 5.41 Å². The molecule has 1 aliphatic rings. The second kappa shape index (κ2) is 4.89. The Bertz CT molecular complexity index is 427. The van der Waals surface area contributed by atoms with Crippen LogP contribution >= 0.6 is 11.8 Å². The molecular formula is C14H24N2OS. The summed E-state index contributed by atoms with van der Waals surface area (Å²) in [5, 5.41) is 15.3. The van der Waals surface area contributed by atoms with Crippen LogP contribution < -0.4 is 0 Å². The molecule has 0 radical (unpaired) electrons. The predicted octanol–water partition coefficient (Wildman–Crippen LogP) is 2.65. The maximum Gasteiger partial charge on any atom is 0.0798 e. The third-order valence-corrected chi connectivity index (χ3v) is 5.19. The van der Waals surface area contributed by atoms with Crippen molar-refractivity contribution >= 4 is 11.8 Å². The fraction of sp³-hybridized carbons (Fsp3) is 0.786. The molecule has 1 N–H and O–H groups in total. The van der Waals surface area contributed by atoms with Gasteiger partial charge in [0.15, 0.2) is 0 Å². The third-order valence-electron chi connectivity index (χ3n) is 3.47. The molecule has 1 unspecified atom stereocenters. The quantitative estimate of drug-likeness (QED) is 0.916. The molecule has 1 atom stereocenters. The van der Waals surface area contributed by atoms with Crippen LogP contribution in [0.25, 0.3) is 0 Å². The lowest BCUT2D eigenvalue weighted by atomic mass is 9.80. The zero-order valence-electron chi connectivity index (χ0n) is 11.9. The molecule has 0 saturated carbocycles. The fourth-order valence-corrected chi connectivity index (χ4v) is 4.32. The lowest BCUT2D eigenvalue weighted by Gasteiger charge is -2.41. The number of nitrogens with zero attached hydrogens (tertiary/aromatic N) is 2. The van der Waals surface area contributed by atoms with Gasteiger partial charge in [-0.05, 0) is 37.5 Å². The lowest BCUT2D eigenvalue weighted by Crippen LogP contribution is -2.44. The van der Waals surface area contributed by atoms with Crippen molar-refractivity contribution in [1.82, 2.24) is 9.78 Å². The first kappa shape index (κ1) is 13.9. The smallest absolute Gasteiger partial charge is 0.0798 e. The van der Waals surface area contributed by atoms with E-state index in [9.17, 15) is 5.11 Å². The van der Waals surface area contributed by atoms with Crippen molar-refractivity contribution < 1.29 is 5.11 Å². The molecule has 1 fully saturated rings. The van der Waals surface area contributed by atoms with E-state index in [2.05, 4.69) is 31.9 Å². The van der Waals surface area contributed by atoms with Crippen LogP contribution in [0, 0.1) is 12.3 Å². The summed E-state index contributed by atoms with van der Waals surface area (Å²) in [4.78, 5) is 0. The molecule has 0 spiro atoms. The average molecular weight is 268 g/mol. The zero-order valence-corrected chi connectivity index (χ0v) is 12.7. The van der Waals surface area contributed by atoms with Crippen molar-refractivity contribution in [3.63, 3.8) is 0 Å². The molecular weight excluding hydrogens is 244 g/mol. The summed E-state index contributed by atoms with van der Waals surface area (Å²) in [5.41, 5.74) is 1.85. The van der Waals surface area contributed by atoms with E-state index in [4.69, 9.17) is 0 Å². The topological polar surface area (TPSA) is 38.0 Å². The minimum atomic E-state index is -0.578. The highest BCUT2D eigenvalue weighted by molar-refractivity contribution is 7.99. The van der Waals surface area contributed by atoms with Crippen molar-refractivity contribution in [2.24, 2.45) is 5.41 Å². The number of rotatable bonds is 3. The molecule has 1 aromatic rings. The van der Waals surface area contributed by atoms with Crippen molar-refractivity contribution in [1.29, 1.82) is 0 Å². The van der Waals surface area contributed by atoms with Gasteiger partial charge in [0.2, 0.25) is 0 Å². The number of aliphatic hydroxyl groups is 1. The SMILES string of the molecule is CCn1nc(C)cc1CC1(O)CSCC(C)(C)C1. The Morgan fingerprint density at radius 3 is 2.78 bits per heavy atom. The van der Waals surface area contributed by atoms with Gasteiger partial charge in [-0.25, -0.2) is 0 Å². The Hall–Kier alpha value is -0.480. The maximum atomic E-state index is 10.8. The van der Waals surface area contributed by atoms with E-state index in [0.29, 0.717) is 0 Å². The van der Waals surface area contributed by atoms with E-state index in [1.54, 1.807) is 0 Å². The summed E-state index contributed by atoms with van der Waals surface area (Å²) < 4.78 is 2.01. The molecule has 0 amide bonds. The van der Waals surface area contributed by atoms with Crippen LogP contribution in [0.3, 0.4) is 0 Å². The summed E-state index contributed by atoms with van der Waals surface area (Å²) in [6.07, 6.45) is 1.60. The maximum absolute atomic E-state index is 10.8. The number of thioether (sulfide) groups is 1. The number of aromatic nitrogens is 2. The summed E-state index contributed by atoms with van der Waals surface area (Å²) in [6.45, 7) is 9.47. The van der Waals surface area contributed by atoms with Gasteiger partial charge < -0.3 is 5.11 Å². The molecule has 0 aromatic carbocycles. The number of hydrogen-bond donors (Lipinski definition) is 1. The molecule has 3 nitrogen and oxygen atoms in total. The van der Waals surface area contributed by atoms with E-state index in [1.807, 2.05) is 23.4 Å². The van der Waals surface area contributed by atoms with Crippen LogP contribution in [0.4, 0.5) is 0 Å². The Kier molecular flexibility index (Phi) is 3.79. The molecule has 4 heteroatoms. The molecule has 1 saturated heterocycles. The van der Waals surface area contributed by atoms with E-state index >= 15 is 0 Å². The van der Waals surface area contributed by atoms with Gasteiger partial charge in [-0.1, -0.05) is 13.8 Å². The monoisotopic (exact) mass is 268 g/mol. The molecule has 18 heavy (non-hydrogen) atoms. The Labute approximate surface area is 114 Å². The van der Waals surface area contributed by atoms with E-state index < -0.39 is 5.60 Å². The highest BCUT2D eigenvalue weighted by Gasteiger charge is 2.39. The first-order chi connectivity index (χ1) is 8.34. The van der Waals surface area contributed by atoms with Gasteiger partial charge in [0.25, 0.3) is 0 Å². The first-order valence-electron chi connectivity index (χ1n) is 6.67. The van der Waals surface area contributed by atoms with Crippen LogP contribution in [-0.2, 0) is 13.0 Å². The van der Waals surface area contributed by atoms with Gasteiger partial charge in [-0.2, -0.15) is 16.9 Å². The Morgan fingerprint density at radius 1 is 1.44 bits per heavy atom. The van der Waals surface area contributed by atoms with Crippen LogP contribution in [0.15, 0.2) is 6.07 Å². The average Bonchev–Trinajstić information content (AvgIpc) is 2.55. The number of hydrogen-bond acceptors (Lipinski definition) is 3. The normalized spacial score (nSPS) is 27.4. The van der Waals surface area contributed by atoms with Crippen LogP contribution in [0.2, 0.25) is 0 Å². The summed E-state index contributed by atoms with van der Waals surface area (Å²) >= 11 is 1.87. The number of aryl methyl sites for hydroxylation is 2. The standard InChI is InChI=1S/C14H24N2OS/c1-5-16-12(6-11(2)15-16)7-14(17)8-13(3,4)9-18-10-14/h6,17H,5,7-10H2,1-4H3. The molecule has 102 valence electrons. The molecule has 2 heterocycles. The van der Waals surface area contributed by atoms with E-state index in [1.165, 1.54) is 0 Å². The van der Waals surface area contributed by atoms with Gasteiger partial charge in [0, 0.05) is 24.4 Å². The highest BCUT2D eigenvalue weighted by atomic mass is 32.2. The van der Waals surface area contributed by atoms with E-state index in [0.717, 1.165) is 42.3 Å². The van der Waals surface area contributed by atoms with Crippen molar-refractivity contribution in [3.8, 4) is 0 Å². The molecule has 0 aliphatic carbocycles. The first-order valence-corrected chi connectivity index (χ1v) is 7.82. The van der Waals surface area contributed by atoms with Crippen LogP contribution in [-0.4, -0.2) is 32.0 Å². The fourth-order valence-electron chi connectivity index (χ4n) is 2.98. The zero-order chi connectivity index (χ0) is 13.4. The third kappa shape index (κ3) is 3.09.